The summed E-state index contributed by atoms with van der Waals surface area (Å²) >= 11 is 1.77. The van der Waals surface area contributed by atoms with E-state index in [4.69, 9.17) is 4.98 Å². The summed E-state index contributed by atoms with van der Waals surface area (Å²) in [7, 11) is 2.06. The van der Waals surface area contributed by atoms with Crippen LogP contribution in [0.1, 0.15) is 44.3 Å². The zero-order chi connectivity index (χ0) is 15.5. The molecule has 2 aromatic heterocycles. The molecule has 1 N–H and O–H groups in total. The molecule has 1 unspecified atom stereocenters. The van der Waals surface area contributed by atoms with Crippen LogP contribution in [0.3, 0.4) is 0 Å². The molecular formula is C16H24N4S. The van der Waals surface area contributed by atoms with Crippen molar-refractivity contribution in [1.82, 2.24) is 15.3 Å². The number of hydrogen-bond acceptors (Lipinski definition) is 5. The molecule has 0 radical (unpaired) electrons. The van der Waals surface area contributed by atoms with Crippen LogP contribution in [-0.4, -0.2) is 22.6 Å². The van der Waals surface area contributed by atoms with Crippen LogP contribution in [0.5, 0.6) is 0 Å². The van der Waals surface area contributed by atoms with E-state index >= 15 is 0 Å². The van der Waals surface area contributed by atoms with Crippen LogP contribution in [0.25, 0.3) is 0 Å². The van der Waals surface area contributed by atoms with Gasteiger partial charge in [0.1, 0.15) is 5.82 Å². The first kappa shape index (κ1) is 15.9. The fourth-order valence-electron chi connectivity index (χ4n) is 1.92. The number of nitrogens with one attached hydrogen (secondary N) is 1. The molecule has 0 bridgehead atoms. The van der Waals surface area contributed by atoms with Gasteiger partial charge >= 0.3 is 0 Å². The summed E-state index contributed by atoms with van der Waals surface area (Å²) in [5, 5.41) is 5.55. The Morgan fingerprint density at radius 2 is 2.10 bits per heavy atom. The quantitative estimate of drug-likeness (QED) is 0.916. The van der Waals surface area contributed by atoms with Gasteiger partial charge in [0.15, 0.2) is 0 Å². The molecule has 0 aliphatic carbocycles. The molecule has 0 spiro atoms. The first-order valence-electron chi connectivity index (χ1n) is 7.19. The minimum absolute atomic E-state index is 0.0772. The molecule has 1 atom stereocenters. The lowest BCUT2D eigenvalue weighted by molar-refractivity contribution is 0.421. The zero-order valence-corrected chi connectivity index (χ0v) is 14.2. The highest BCUT2D eigenvalue weighted by atomic mass is 32.1. The van der Waals surface area contributed by atoms with Gasteiger partial charge in [0, 0.05) is 30.2 Å². The van der Waals surface area contributed by atoms with Crippen LogP contribution in [0, 0.1) is 0 Å². The van der Waals surface area contributed by atoms with Crippen molar-refractivity contribution in [1.29, 1.82) is 0 Å². The first-order chi connectivity index (χ1) is 9.87. The fraction of sp³-hybridized carbons (Fsp3) is 0.500. The molecule has 5 heteroatoms. The van der Waals surface area contributed by atoms with Gasteiger partial charge in [-0.15, -0.1) is 11.3 Å². The van der Waals surface area contributed by atoms with Crippen molar-refractivity contribution in [3.63, 3.8) is 0 Å². The van der Waals surface area contributed by atoms with E-state index in [1.165, 1.54) is 4.88 Å². The van der Waals surface area contributed by atoms with E-state index in [2.05, 4.69) is 67.5 Å². The van der Waals surface area contributed by atoms with E-state index in [9.17, 15) is 0 Å². The maximum absolute atomic E-state index is 4.71. The Hall–Kier alpha value is -1.46. The molecule has 2 heterocycles. The molecule has 0 aromatic carbocycles. The number of nitrogens with zero attached hydrogens (tertiary/aromatic N) is 3. The van der Waals surface area contributed by atoms with Gasteiger partial charge in [-0.2, -0.15) is 0 Å². The van der Waals surface area contributed by atoms with E-state index < -0.39 is 0 Å². The predicted octanol–water partition coefficient (Wildman–Crippen LogP) is 3.62. The Bertz CT molecular complexity index is 560. The zero-order valence-electron chi connectivity index (χ0n) is 13.4. The third kappa shape index (κ3) is 4.51. The normalized spacial score (nSPS) is 13.2. The molecule has 2 rings (SSSR count). The van der Waals surface area contributed by atoms with Crippen LogP contribution >= 0.6 is 11.3 Å². The van der Waals surface area contributed by atoms with Gasteiger partial charge in [-0.1, -0.05) is 6.07 Å². The second-order valence-electron chi connectivity index (χ2n) is 6.27. The molecule has 21 heavy (non-hydrogen) atoms. The summed E-state index contributed by atoms with van der Waals surface area (Å²) in [5.74, 6) is 0.907. The monoisotopic (exact) mass is 304 g/mol. The molecule has 0 aliphatic rings. The van der Waals surface area contributed by atoms with E-state index in [0.717, 1.165) is 18.1 Å². The summed E-state index contributed by atoms with van der Waals surface area (Å²) < 4.78 is 0. The van der Waals surface area contributed by atoms with Crippen molar-refractivity contribution in [3.8, 4) is 0 Å². The van der Waals surface area contributed by atoms with Gasteiger partial charge in [-0.05, 0) is 39.1 Å². The summed E-state index contributed by atoms with van der Waals surface area (Å²) in [6, 6.07) is 4.54. The lowest BCUT2D eigenvalue weighted by Crippen LogP contribution is -2.35. The summed E-state index contributed by atoms with van der Waals surface area (Å²) in [4.78, 5) is 12.5. The number of anilines is 1. The van der Waals surface area contributed by atoms with Crippen molar-refractivity contribution in [2.24, 2.45) is 0 Å². The smallest absolute Gasteiger partial charge is 0.147 e. The summed E-state index contributed by atoms with van der Waals surface area (Å²) in [6.45, 7) is 9.36. The largest absolute Gasteiger partial charge is 0.351 e. The third-order valence-electron chi connectivity index (χ3n) is 3.37. The van der Waals surface area contributed by atoms with Gasteiger partial charge in [0.25, 0.3) is 0 Å². The predicted molar refractivity (Wildman–Crippen MR) is 89.8 cm³/mol. The minimum atomic E-state index is 0.0772. The van der Waals surface area contributed by atoms with Crippen LogP contribution in [-0.2, 0) is 6.54 Å². The Morgan fingerprint density at radius 3 is 2.71 bits per heavy atom. The Balaban J connectivity index is 2.09. The summed E-state index contributed by atoms with van der Waals surface area (Å²) in [6.07, 6.45) is 3.65. The highest BCUT2D eigenvalue weighted by Gasteiger charge is 2.15. The van der Waals surface area contributed by atoms with Crippen molar-refractivity contribution in [3.05, 3.63) is 40.5 Å². The molecule has 4 nitrogen and oxygen atoms in total. The number of aromatic nitrogens is 2. The second kappa shape index (κ2) is 6.54. The number of thiophene rings is 1. The molecule has 0 amide bonds. The van der Waals surface area contributed by atoms with Crippen LogP contribution in [0.15, 0.2) is 29.9 Å². The molecule has 0 fully saturated rings. The van der Waals surface area contributed by atoms with Crippen molar-refractivity contribution in [2.45, 2.75) is 45.8 Å². The van der Waals surface area contributed by atoms with Crippen molar-refractivity contribution >= 4 is 17.2 Å². The highest BCUT2D eigenvalue weighted by Crippen LogP contribution is 2.26. The van der Waals surface area contributed by atoms with Crippen LogP contribution in [0.4, 0.5) is 5.82 Å². The Morgan fingerprint density at radius 1 is 1.33 bits per heavy atom. The highest BCUT2D eigenvalue weighted by molar-refractivity contribution is 7.10. The molecule has 0 aliphatic heterocycles. The maximum Gasteiger partial charge on any atom is 0.147 e. The summed E-state index contributed by atoms with van der Waals surface area (Å²) in [5.41, 5.74) is 1.04. The maximum atomic E-state index is 4.71. The van der Waals surface area contributed by atoms with Gasteiger partial charge in [0.05, 0.1) is 17.9 Å². The van der Waals surface area contributed by atoms with Gasteiger partial charge in [-0.25, -0.2) is 4.98 Å². The molecule has 114 valence electrons. The van der Waals surface area contributed by atoms with E-state index in [1.807, 2.05) is 12.4 Å². The minimum Gasteiger partial charge on any atom is -0.351 e. The average molecular weight is 304 g/mol. The lowest BCUT2D eigenvalue weighted by atomic mass is 10.1. The van der Waals surface area contributed by atoms with Crippen LogP contribution < -0.4 is 10.2 Å². The van der Waals surface area contributed by atoms with Crippen molar-refractivity contribution in [2.75, 3.05) is 11.9 Å². The Kier molecular flexibility index (Phi) is 4.96. The standard InChI is InChI=1S/C16H24N4S/c1-12(14-7-6-8-21-14)20(5)15-11-17-9-13(19-15)10-18-16(2,3)4/h6-9,11-12,18H,10H2,1-5H3. The molecule has 0 saturated carbocycles. The van der Waals surface area contributed by atoms with E-state index in [-0.39, 0.29) is 5.54 Å². The molecular weight excluding hydrogens is 280 g/mol. The second-order valence-corrected chi connectivity index (χ2v) is 7.25. The fourth-order valence-corrected chi connectivity index (χ4v) is 2.75. The number of hydrogen-bond donors (Lipinski definition) is 1. The van der Waals surface area contributed by atoms with Crippen LogP contribution in [0.2, 0.25) is 0 Å². The SMILES string of the molecule is CC(c1cccs1)N(C)c1cncc(CNC(C)(C)C)n1. The first-order valence-corrected chi connectivity index (χ1v) is 8.07. The third-order valence-corrected chi connectivity index (χ3v) is 4.41. The van der Waals surface area contributed by atoms with Gasteiger partial charge < -0.3 is 10.2 Å². The lowest BCUT2D eigenvalue weighted by Gasteiger charge is -2.25. The van der Waals surface area contributed by atoms with E-state index in [1.54, 1.807) is 11.3 Å². The molecule has 2 aromatic rings. The van der Waals surface area contributed by atoms with Gasteiger partial charge in [-0.3, -0.25) is 4.98 Å². The number of rotatable bonds is 5. The van der Waals surface area contributed by atoms with Crippen molar-refractivity contribution < 1.29 is 0 Å². The van der Waals surface area contributed by atoms with Gasteiger partial charge in [0.2, 0.25) is 0 Å². The average Bonchev–Trinajstić information content (AvgIpc) is 2.97. The Labute approximate surface area is 131 Å². The topological polar surface area (TPSA) is 41.1 Å². The van der Waals surface area contributed by atoms with E-state index in [0.29, 0.717) is 6.04 Å². The molecule has 0 saturated heterocycles.